The molecule has 0 spiro atoms. The van der Waals surface area contributed by atoms with Gasteiger partial charge in [-0.2, -0.15) is 0 Å². The van der Waals surface area contributed by atoms with E-state index in [2.05, 4.69) is 5.32 Å². The summed E-state index contributed by atoms with van der Waals surface area (Å²) < 4.78 is 5.13. The first-order valence-corrected chi connectivity index (χ1v) is 8.31. The topological polar surface area (TPSA) is 55.4 Å². The van der Waals surface area contributed by atoms with E-state index in [1.54, 1.807) is 42.5 Å². The van der Waals surface area contributed by atoms with Gasteiger partial charge in [-0.05, 0) is 42.8 Å². The summed E-state index contributed by atoms with van der Waals surface area (Å²) in [4.78, 5) is 24.1. The lowest BCUT2D eigenvalue weighted by atomic mass is 10.2. The molecule has 0 saturated heterocycles. The SMILES string of the molecule is CCCCOC(=O)c1ccc(NC(=O)c2c(Cl)cccc2Cl)cc1. The predicted octanol–water partition coefficient (Wildman–Crippen LogP) is 5.20. The van der Waals surface area contributed by atoms with Gasteiger partial charge in [-0.1, -0.05) is 42.6 Å². The predicted molar refractivity (Wildman–Crippen MR) is 96.0 cm³/mol. The minimum absolute atomic E-state index is 0.212. The molecule has 0 fully saturated rings. The molecule has 0 aromatic heterocycles. The van der Waals surface area contributed by atoms with E-state index in [0.717, 1.165) is 12.8 Å². The maximum atomic E-state index is 12.3. The van der Waals surface area contributed by atoms with Crippen LogP contribution in [-0.2, 0) is 4.74 Å². The van der Waals surface area contributed by atoms with Crippen molar-refractivity contribution in [2.75, 3.05) is 11.9 Å². The second-order valence-corrected chi connectivity index (χ2v) is 5.93. The van der Waals surface area contributed by atoms with Crippen LogP contribution >= 0.6 is 23.2 Å². The molecule has 2 rings (SSSR count). The lowest BCUT2D eigenvalue weighted by Gasteiger charge is -2.09. The van der Waals surface area contributed by atoms with E-state index in [4.69, 9.17) is 27.9 Å². The number of anilines is 1. The third-order valence-corrected chi connectivity index (χ3v) is 3.93. The summed E-state index contributed by atoms with van der Waals surface area (Å²) in [5.41, 5.74) is 1.17. The quantitative estimate of drug-likeness (QED) is 0.565. The summed E-state index contributed by atoms with van der Waals surface area (Å²) >= 11 is 12.0. The highest BCUT2D eigenvalue weighted by molar-refractivity contribution is 6.40. The Labute approximate surface area is 150 Å². The molecular formula is C18H17Cl2NO3. The smallest absolute Gasteiger partial charge is 0.338 e. The third-order valence-electron chi connectivity index (χ3n) is 3.30. The molecule has 0 radical (unpaired) electrons. The number of ether oxygens (including phenoxy) is 1. The van der Waals surface area contributed by atoms with Crippen LogP contribution in [0.4, 0.5) is 5.69 Å². The fourth-order valence-electron chi connectivity index (χ4n) is 1.99. The first-order chi connectivity index (χ1) is 11.5. The first-order valence-electron chi connectivity index (χ1n) is 7.55. The lowest BCUT2D eigenvalue weighted by Crippen LogP contribution is -2.13. The van der Waals surface area contributed by atoms with Gasteiger partial charge in [-0.3, -0.25) is 4.79 Å². The van der Waals surface area contributed by atoms with Gasteiger partial charge in [-0.15, -0.1) is 0 Å². The number of hydrogen-bond acceptors (Lipinski definition) is 3. The molecule has 24 heavy (non-hydrogen) atoms. The van der Waals surface area contributed by atoms with Crippen molar-refractivity contribution in [3.8, 4) is 0 Å². The molecule has 2 aromatic rings. The zero-order valence-corrected chi connectivity index (χ0v) is 14.7. The van der Waals surface area contributed by atoms with Gasteiger partial charge in [0, 0.05) is 5.69 Å². The van der Waals surface area contributed by atoms with Crippen LogP contribution in [0.5, 0.6) is 0 Å². The number of carbonyl (C=O) groups is 2. The summed E-state index contributed by atoms with van der Waals surface area (Å²) in [5, 5.41) is 3.25. The Balaban J connectivity index is 2.04. The number of halogens is 2. The van der Waals surface area contributed by atoms with Crippen molar-refractivity contribution in [1.82, 2.24) is 0 Å². The number of carbonyl (C=O) groups excluding carboxylic acids is 2. The second-order valence-electron chi connectivity index (χ2n) is 5.12. The molecule has 0 bridgehead atoms. The summed E-state index contributed by atoms with van der Waals surface area (Å²) in [5.74, 6) is -0.792. The third kappa shape index (κ3) is 4.73. The Kier molecular flexibility index (Phi) is 6.64. The molecule has 0 atom stereocenters. The molecule has 0 heterocycles. The van der Waals surface area contributed by atoms with Crippen LogP contribution in [0.1, 0.15) is 40.5 Å². The molecule has 2 aromatic carbocycles. The van der Waals surface area contributed by atoms with Gasteiger partial charge in [0.2, 0.25) is 0 Å². The lowest BCUT2D eigenvalue weighted by molar-refractivity contribution is 0.0499. The zero-order valence-electron chi connectivity index (χ0n) is 13.1. The van der Waals surface area contributed by atoms with Gasteiger partial charge in [0.25, 0.3) is 5.91 Å². The molecule has 0 saturated carbocycles. The Hall–Kier alpha value is -2.04. The molecule has 1 N–H and O–H groups in total. The molecule has 0 aliphatic heterocycles. The van der Waals surface area contributed by atoms with E-state index in [1.165, 1.54) is 0 Å². The summed E-state index contributed by atoms with van der Waals surface area (Å²) in [6.45, 7) is 2.43. The summed E-state index contributed by atoms with van der Waals surface area (Å²) in [6.07, 6.45) is 1.79. The van der Waals surface area contributed by atoms with Crippen molar-refractivity contribution < 1.29 is 14.3 Å². The van der Waals surface area contributed by atoms with E-state index in [1.807, 2.05) is 6.92 Å². The number of unbranched alkanes of at least 4 members (excludes halogenated alkanes) is 1. The number of hydrogen-bond donors (Lipinski definition) is 1. The number of amides is 1. The maximum Gasteiger partial charge on any atom is 0.338 e. The fraction of sp³-hybridized carbons (Fsp3) is 0.222. The Morgan fingerprint density at radius 1 is 1.04 bits per heavy atom. The van der Waals surface area contributed by atoms with Crippen molar-refractivity contribution in [1.29, 1.82) is 0 Å². The van der Waals surface area contributed by atoms with Crippen LogP contribution in [0.3, 0.4) is 0 Å². The molecule has 0 aliphatic carbocycles. The first kappa shape index (κ1) is 18.3. The Morgan fingerprint density at radius 2 is 1.67 bits per heavy atom. The van der Waals surface area contributed by atoms with Crippen LogP contribution in [0.25, 0.3) is 0 Å². The molecule has 0 aliphatic rings. The van der Waals surface area contributed by atoms with Crippen LogP contribution in [-0.4, -0.2) is 18.5 Å². The number of benzene rings is 2. The van der Waals surface area contributed by atoms with Gasteiger partial charge in [-0.25, -0.2) is 4.79 Å². The van der Waals surface area contributed by atoms with Gasteiger partial charge in [0.1, 0.15) is 0 Å². The second kappa shape index (κ2) is 8.71. The highest BCUT2D eigenvalue weighted by Crippen LogP contribution is 2.25. The molecule has 126 valence electrons. The average molecular weight is 366 g/mol. The van der Waals surface area contributed by atoms with E-state index in [9.17, 15) is 9.59 Å². The number of nitrogens with one attached hydrogen (secondary N) is 1. The molecule has 4 nitrogen and oxygen atoms in total. The zero-order chi connectivity index (χ0) is 17.5. The van der Waals surface area contributed by atoms with Gasteiger partial charge >= 0.3 is 5.97 Å². The van der Waals surface area contributed by atoms with E-state index in [-0.39, 0.29) is 21.6 Å². The van der Waals surface area contributed by atoms with E-state index < -0.39 is 5.91 Å². The molecular weight excluding hydrogens is 349 g/mol. The van der Waals surface area contributed by atoms with E-state index >= 15 is 0 Å². The molecule has 0 unspecified atom stereocenters. The Bertz CT molecular complexity index is 709. The normalized spacial score (nSPS) is 10.3. The largest absolute Gasteiger partial charge is 0.462 e. The van der Waals surface area contributed by atoms with Gasteiger partial charge in [0.05, 0.1) is 27.8 Å². The van der Waals surface area contributed by atoms with Crippen LogP contribution in [0, 0.1) is 0 Å². The summed E-state index contributed by atoms with van der Waals surface area (Å²) in [7, 11) is 0. The summed E-state index contributed by atoms with van der Waals surface area (Å²) in [6, 6.07) is 11.3. The number of rotatable bonds is 6. The van der Waals surface area contributed by atoms with E-state index in [0.29, 0.717) is 17.9 Å². The minimum Gasteiger partial charge on any atom is -0.462 e. The van der Waals surface area contributed by atoms with Crippen molar-refractivity contribution in [2.45, 2.75) is 19.8 Å². The van der Waals surface area contributed by atoms with Crippen LogP contribution in [0.2, 0.25) is 10.0 Å². The molecule has 6 heteroatoms. The van der Waals surface area contributed by atoms with Crippen molar-refractivity contribution in [3.63, 3.8) is 0 Å². The van der Waals surface area contributed by atoms with Crippen molar-refractivity contribution in [2.24, 2.45) is 0 Å². The number of esters is 1. The average Bonchev–Trinajstić information content (AvgIpc) is 2.55. The minimum atomic E-state index is -0.413. The standard InChI is InChI=1S/C18H17Cl2NO3/c1-2-3-11-24-18(23)12-7-9-13(10-8-12)21-17(22)16-14(19)5-4-6-15(16)20/h4-10H,2-3,11H2,1H3,(H,21,22). The molecule has 1 amide bonds. The van der Waals surface area contributed by atoms with Crippen molar-refractivity contribution >= 4 is 40.8 Å². The fourth-order valence-corrected chi connectivity index (χ4v) is 2.56. The van der Waals surface area contributed by atoms with Gasteiger partial charge in [0.15, 0.2) is 0 Å². The van der Waals surface area contributed by atoms with Crippen LogP contribution < -0.4 is 5.32 Å². The highest BCUT2D eigenvalue weighted by Gasteiger charge is 2.15. The monoisotopic (exact) mass is 365 g/mol. The maximum absolute atomic E-state index is 12.3. The van der Waals surface area contributed by atoms with Crippen molar-refractivity contribution in [3.05, 3.63) is 63.6 Å². The Morgan fingerprint density at radius 3 is 2.25 bits per heavy atom. The van der Waals surface area contributed by atoms with Gasteiger partial charge < -0.3 is 10.1 Å². The highest BCUT2D eigenvalue weighted by atomic mass is 35.5. The van der Waals surface area contributed by atoms with Crippen LogP contribution in [0.15, 0.2) is 42.5 Å².